The van der Waals surface area contributed by atoms with Gasteiger partial charge >= 0.3 is 0 Å². The van der Waals surface area contributed by atoms with Crippen molar-refractivity contribution in [3.05, 3.63) is 40.7 Å². The number of fused-ring (bicyclic) bond motifs is 1. The number of thioether (sulfide) groups is 1. The Kier molecular flexibility index (Phi) is 4.52. The predicted molar refractivity (Wildman–Crippen MR) is 107 cm³/mol. The highest BCUT2D eigenvalue weighted by Gasteiger charge is 2.26. The van der Waals surface area contributed by atoms with Crippen molar-refractivity contribution < 1.29 is 0 Å². The third-order valence-corrected chi connectivity index (χ3v) is 5.68. The van der Waals surface area contributed by atoms with Gasteiger partial charge in [-0.15, -0.1) is 16.9 Å². The highest BCUT2D eigenvalue weighted by molar-refractivity contribution is 7.99. The average molecular weight is 389 g/mol. The highest BCUT2D eigenvalue weighted by atomic mass is 35.5. The van der Waals surface area contributed by atoms with Gasteiger partial charge in [0.05, 0.1) is 12.4 Å². The van der Waals surface area contributed by atoms with Gasteiger partial charge in [-0.05, 0) is 11.6 Å². The van der Waals surface area contributed by atoms with Gasteiger partial charge < -0.3 is 4.90 Å². The smallest absolute Gasteiger partial charge is 0.184 e. The fourth-order valence-corrected chi connectivity index (χ4v) is 4.02. The fourth-order valence-electron chi connectivity index (χ4n) is 2.87. The molecule has 0 saturated carbocycles. The van der Waals surface area contributed by atoms with Crippen LogP contribution in [0.25, 0.3) is 11.2 Å². The molecule has 2 aromatic heterocycles. The van der Waals surface area contributed by atoms with E-state index >= 15 is 0 Å². The molecule has 1 saturated heterocycles. The normalized spacial score (nSPS) is 15.2. The molecule has 3 aromatic rings. The summed E-state index contributed by atoms with van der Waals surface area (Å²) in [6.45, 7) is 7.87. The first-order chi connectivity index (χ1) is 12.4. The van der Waals surface area contributed by atoms with Crippen LogP contribution < -0.4 is 4.90 Å². The summed E-state index contributed by atoms with van der Waals surface area (Å²) in [6, 6.07) is 7.79. The Hall–Kier alpha value is -1.86. The van der Waals surface area contributed by atoms with Gasteiger partial charge in [0.15, 0.2) is 17.0 Å². The van der Waals surface area contributed by atoms with Gasteiger partial charge in [-0.3, -0.25) is 0 Å². The summed E-state index contributed by atoms with van der Waals surface area (Å²) in [6.07, 6.45) is 0. The van der Waals surface area contributed by atoms with Crippen molar-refractivity contribution in [2.45, 2.75) is 32.7 Å². The van der Waals surface area contributed by atoms with Crippen LogP contribution in [0.1, 0.15) is 32.2 Å². The third-order valence-electron chi connectivity index (χ3n) is 4.35. The number of rotatable bonds is 3. The van der Waals surface area contributed by atoms with E-state index in [1.54, 1.807) is 0 Å². The minimum atomic E-state index is -0.157. The fraction of sp³-hybridized carbons (Fsp3) is 0.444. The molecular formula is C18H21ClN6S. The number of anilines is 1. The summed E-state index contributed by atoms with van der Waals surface area (Å²) in [4.78, 5) is 11.9. The van der Waals surface area contributed by atoms with Crippen LogP contribution in [0.5, 0.6) is 0 Å². The largest absolute Gasteiger partial charge is 0.345 e. The van der Waals surface area contributed by atoms with Crippen LogP contribution in [0.4, 0.5) is 5.82 Å². The van der Waals surface area contributed by atoms with Crippen molar-refractivity contribution in [3.63, 3.8) is 0 Å². The van der Waals surface area contributed by atoms with E-state index in [-0.39, 0.29) is 5.41 Å². The van der Waals surface area contributed by atoms with Crippen molar-refractivity contribution in [1.29, 1.82) is 0 Å². The van der Waals surface area contributed by atoms with Crippen LogP contribution in [0.3, 0.4) is 0 Å². The van der Waals surface area contributed by atoms with E-state index in [1.165, 1.54) is 0 Å². The Morgan fingerprint density at radius 3 is 2.69 bits per heavy atom. The topological polar surface area (TPSA) is 59.7 Å². The monoisotopic (exact) mass is 388 g/mol. The lowest BCUT2D eigenvalue weighted by atomic mass is 9.96. The summed E-state index contributed by atoms with van der Waals surface area (Å²) in [5.41, 5.74) is 2.36. The van der Waals surface area contributed by atoms with Crippen molar-refractivity contribution in [3.8, 4) is 0 Å². The lowest BCUT2D eigenvalue weighted by molar-refractivity contribution is 0.545. The van der Waals surface area contributed by atoms with E-state index in [2.05, 4.69) is 36.0 Å². The number of hydrogen-bond acceptors (Lipinski definition) is 6. The first-order valence-corrected chi connectivity index (χ1v) is 10.1. The Labute approximate surface area is 162 Å². The van der Waals surface area contributed by atoms with E-state index in [0.29, 0.717) is 6.54 Å². The van der Waals surface area contributed by atoms with E-state index < -0.39 is 0 Å². The van der Waals surface area contributed by atoms with Crippen LogP contribution in [0, 0.1) is 0 Å². The summed E-state index contributed by atoms with van der Waals surface area (Å²) >= 11 is 8.23. The maximum Gasteiger partial charge on any atom is 0.184 e. The maximum absolute atomic E-state index is 6.33. The third kappa shape index (κ3) is 3.25. The number of hydrogen-bond donors (Lipinski definition) is 0. The van der Waals surface area contributed by atoms with Gasteiger partial charge in [-0.25, -0.2) is 14.6 Å². The molecule has 3 heterocycles. The van der Waals surface area contributed by atoms with Crippen molar-refractivity contribution in [2.24, 2.45) is 0 Å². The molecule has 26 heavy (non-hydrogen) atoms. The molecule has 0 aliphatic carbocycles. The number of benzene rings is 1. The van der Waals surface area contributed by atoms with Crippen LogP contribution in [-0.2, 0) is 12.0 Å². The predicted octanol–water partition coefficient (Wildman–Crippen LogP) is 3.73. The van der Waals surface area contributed by atoms with Gasteiger partial charge in [0.25, 0.3) is 0 Å². The van der Waals surface area contributed by atoms with Gasteiger partial charge in [0.1, 0.15) is 5.82 Å². The number of nitrogens with zero attached hydrogens (tertiary/aromatic N) is 6. The highest BCUT2D eigenvalue weighted by Crippen LogP contribution is 2.30. The Morgan fingerprint density at radius 2 is 2.00 bits per heavy atom. The second-order valence-electron chi connectivity index (χ2n) is 7.43. The molecule has 0 spiro atoms. The summed E-state index contributed by atoms with van der Waals surface area (Å²) in [5, 5.41) is 9.48. The van der Waals surface area contributed by atoms with Gasteiger partial charge in [-0.1, -0.05) is 55.8 Å². The van der Waals surface area contributed by atoms with E-state index in [9.17, 15) is 0 Å². The van der Waals surface area contributed by atoms with Gasteiger partial charge in [-0.2, -0.15) is 0 Å². The van der Waals surface area contributed by atoms with Crippen LogP contribution >= 0.6 is 23.4 Å². The second kappa shape index (κ2) is 6.70. The number of aromatic nitrogens is 5. The SMILES string of the molecule is CC(C)(C)c1nc(N2CCSC2)c2nnn(Cc3ccccc3Cl)c2n1. The Bertz CT molecular complexity index is 942. The lowest BCUT2D eigenvalue weighted by Crippen LogP contribution is -2.24. The molecule has 1 aliphatic rings. The standard InChI is InChI=1S/C18H21ClN6S/c1-18(2,3)17-20-15(24-8-9-26-11-24)14-16(21-17)25(23-22-14)10-12-6-4-5-7-13(12)19/h4-7H,8-11H2,1-3H3. The number of halogens is 1. The van der Waals surface area contributed by atoms with Crippen molar-refractivity contribution in [2.75, 3.05) is 23.1 Å². The summed E-state index contributed by atoms with van der Waals surface area (Å²) in [5.74, 6) is 3.71. The molecule has 1 aliphatic heterocycles. The van der Waals surface area contributed by atoms with Crippen LogP contribution in [0.15, 0.2) is 24.3 Å². The summed E-state index contributed by atoms with van der Waals surface area (Å²) < 4.78 is 1.82. The molecule has 8 heteroatoms. The molecule has 0 N–H and O–H groups in total. The van der Waals surface area contributed by atoms with E-state index in [4.69, 9.17) is 21.6 Å². The van der Waals surface area contributed by atoms with Crippen molar-refractivity contribution >= 4 is 40.3 Å². The molecule has 1 fully saturated rings. The first kappa shape index (κ1) is 17.5. The lowest BCUT2D eigenvalue weighted by Gasteiger charge is -2.21. The maximum atomic E-state index is 6.33. The molecule has 0 bridgehead atoms. The molecule has 1 aromatic carbocycles. The summed E-state index contributed by atoms with van der Waals surface area (Å²) in [7, 11) is 0. The van der Waals surface area contributed by atoms with E-state index in [1.807, 2.05) is 40.7 Å². The Balaban J connectivity index is 1.85. The zero-order chi connectivity index (χ0) is 18.3. The molecule has 0 unspecified atom stereocenters. The quantitative estimate of drug-likeness (QED) is 0.681. The first-order valence-electron chi connectivity index (χ1n) is 8.61. The van der Waals surface area contributed by atoms with E-state index in [0.717, 1.165) is 51.6 Å². The van der Waals surface area contributed by atoms with Crippen LogP contribution in [-0.4, -0.2) is 43.1 Å². The molecule has 4 rings (SSSR count). The molecule has 0 radical (unpaired) electrons. The van der Waals surface area contributed by atoms with Gasteiger partial charge in [0, 0.05) is 22.7 Å². The minimum Gasteiger partial charge on any atom is -0.345 e. The van der Waals surface area contributed by atoms with Crippen LogP contribution in [0.2, 0.25) is 5.02 Å². The molecule has 0 atom stereocenters. The Morgan fingerprint density at radius 1 is 1.19 bits per heavy atom. The van der Waals surface area contributed by atoms with Crippen molar-refractivity contribution in [1.82, 2.24) is 25.0 Å². The second-order valence-corrected chi connectivity index (χ2v) is 8.91. The zero-order valence-electron chi connectivity index (χ0n) is 15.1. The average Bonchev–Trinajstić information content (AvgIpc) is 3.25. The minimum absolute atomic E-state index is 0.157. The van der Waals surface area contributed by atoms with Gasteiger partial charge in [0.2, 0.25) is 0 Å². The molecular weight excluding hydrogens is 368 g/mol. The molecule has 136 valence electrons. The zero-order valence-corrected chi connectivity index (χ0v) is 16.7. The molecule has 6 nitrogen and oxygen atoms in total. The molecule has 0 amide bonds.